The largest absolute Gasteiger partial charge is 0.492 e. The maximum absolute atomic E-state index is 12.9. The molecule has 2 aromatic rings. The lowest BCUT2D eigenvalue weighted by molar-refractivity contribution is -0.114. The van der Waals surface area contributed by atoms with E-state index >= 15 is 0 Å². The number of ketones is 2. The summed E-state index contributed by atoms with van der Waals surface area (Å²) in [5, 5.41) is 0. The normalized spacial score (nSPS) is 19.1. The maximum atomic E-state index is 12.9. The average molecular weight is 344 g/mol. The molecule has 0 saturated heterocycles. The molecule has 2 aliphatic rings. The number of benzene rings is 2. The molecule has 130 valence electrons. The van der Waals surface area contributed by atoms with Crippen LogP contribution in [0.5, 0.6) is 5.75 Å². The Morgan fingerprint density at radius 3 is 2.58 bits per heavy atom. The summed E-state index contributed by atoms with van der Waals surface area (Å²) in [7, 11) is 0. The van der Waals surface area contributed by atoms with Gasteiger partial charge >= 0.3 is 0 Å². The highest BCUT2D eigenvalue weighted by atomic mass is 16.5. The lowest BCUT2D eigenvalue weighted by Gasteiger charge is -2.15. The van der Waals surface area contributed by atoms with Crippen LogP contribution in [0.3, 0.4) is 0 Å². The highest BCUT2D eigenvalue weighted by Gasteiger charge is 2.29. The van der Waals surface area contributed by atoms with Crippen LogP contribution in [0, 0.1) is 0 Å². The lowest BCUT2D eigenvalue weighted by atomic mass is 9.86. The predicted octanol–water partition coefficient (Wildman–Crippen LogP) is 4.63. The standard InChI is InChI=1S/C23H20O3/c1-14-10-15(2)22(20(24)11-14)23(25)17-8-9-18-19(13-26-21(18)12-17)16-6-4-3-5-7-16/h3-10,12,19H,11,13H2,1-2H3. The first-order chi connectivity index (χ1) is 12.5. The summed E-state index contributed by atoms with van der Waals surface area (Å²) in [5.74, 6) is 0.595. The number of hydrogen-bond acceptors (Lipinski definition) is 3. The van der Waals surface area contributed by atoms with Crippen molar-refractivity contribution in [1.82, 2.24) is 0 Å². The molecule has 26 heavy (non-hydrogen) atoms. The molecular formula is C23H20O3. The van der Waals surface area contributed by atoms with E-state index in [0.717, 1.165) is 22.5 Å². The number of carbonyl (C=O) groups excluding carboxylic acids is 2. The first-order valence-corrected chi connectivity index (χ1v) is 8.82. The van der Waals surface area contributed by atoms with E-state index in [1.165, 1.54) is 5.56 Å². The number of hydrogen-bond donors (Lipinski definition) is 0. The number of fused-ring (bicyclic) bond motifs is 1. The third-order valence-electron chi connectivity index (χ3n) is 5.06. The van der Waals surface area contributed by atoms with E-state index in [1.54, 1.807) is 6.07 Å². The van der Waals surface area contributed by atoms with Crippen molar-refractivity contribution in [2.24, 2.45) is 0 Å². The smallest absolute Gasteiger partial charge is 0.197 e. The minimum Gasteiger partial charge on any atom is -0.492 e. The number of Topliss-reactive ketones (excluding diaryl/α,β-unsaturated/α-hetero) is 2. The Hall–Kier alpha value is -2.94. The summed E-state index contributed by atoms with van der Waals surface area (Å²) < 4.78 is 5.85. The Labute approximate surface area is 153 Å². The molecule has 0 N–H and O–H groups in total. The molecule has 3 heteroatoms. The molecular weight excluding hydrogens is 324 g/mol. The van der Waals surface area contributed by atoms with E-state index < -0.39 is 0 Å². The van der Waals surface area contributed by atoms with Gasteiger partial charge in [-0.1, -0.05) is 54.1 Å². The average Bonchev–Trinajstić information content (AvgIpc) is 3.04. The third kappa shape index (κ3) is 2.80. The van der Waals surface area contributed by atoms with E-state index in [1.807, 2.05) is 50.3 Å². The summed E-state index contributed by atoms with van der Waals surface area (Å²) in [6.45, 7) is 4.30. The van der Waals surface area contributed by atoms with Gasteiger partial charge in [0.05, 0.1) is 12.2 Å². The van der Waals surface area contributed by atoms with E-state index in [-0.39, 0.29) is 17.5 Å². The van der Waals surface area contributed by atoms with Gasteiger partial charge in [-0.25, -0.2) is 0 Å². The maximum Gasteiger partial charge on any atom is 0.197 e. The highest BCUT2D eigenvalue weighted by Crippen LogP contribution is 2.39. The molecule has 0 aromatic heterocycles. The van der Waals surface area contributed by atoms with Crippen molar-refractivity contribution in [2.75, 3.05) is 6.61 Å². The first-order valence-electron chi connectivity index (χ1n) is 8.82. The van der Waals surface area contributed by atoms with Crippen LogP contribution in [0.4, 0.5) is 0 Å². The molecule has 2 aromatic carbocycles. The SMILES string of the molecule is CC1=CC(C)=C(C(=O)c2ccc3c(c2)OCC3c2ccccc2)C(=O)C1. The van der Waals surface area contributed by atoms with Crippen molar-refractivity contribution >= 4 is 11.6 Å². The van der Waals surface area contributed by atoms with Gasteiger partial charge in [0.2, 0.25) is 0 Å². The lowest BCUT2D eigenvalue weighted by Crippen LogP contribution is -2.18. The van der Waals surface area contributed by atoms with E-state index in [2.05, 4.69) is 12.1 Å². The van der Waals surface area contributed by atoms with Crippen LogP contribution in [0.15, 0.2) is 71.3 Å². The minimum absolute atomic E-state index is 0.101. The Morgan fingerprint density at radius 2 is 1.85 bits per heavy atom. The molecule has 1 unspecified atom stereocenters. The molecule has 0 amide bonds. The molecule has 0 saturated carbocycles. The molecule has 0 bridgehead atoms. The highest BCUT2D eigenvalue weighted by molar-refractivity contribution is 6.28. The molecule has 0 spiro atoms. The Morgan fingerprint density at radius 1 is 1.08 bits per heavy atom. The van der Waals surface area contributed by atoms with Gasteiger partial charge in [-0.3, -0.25) is 9.59 Å². The second kappa shape index (κ2) is 6.41. The van der Waals surface area contributed by atoms with Gasteiger partial charge in [-0.15, -0.1) is 0 Å². The van der Waals surface area contributed by atoms with Crippen molar-refractivity contribution in [2.45, 2.75) is 26.2 Å². The van der Waals surface area contributed by atoms with Gasteiger partial charge in [-0.05, 0) is 31.1 Å². The van der Waals surface area contributed by atoms with Crippen LogP contribution >= 0.6 is 0 Å². The molecule has 3 nitrogen and oxygen atoms in total. The molecule has 4 rings (SSSR count). The number of rotatable bonds is 3. The van der Waals surface area contributed by atoms with E-state index in [4.69, 9.17) is 4.74 Å². The minimum atomic E-state index is -0.217. The quantitative estimate of drug-likeness (QED) is 0.602. The molecule has 1 heterocycles. The summed E-state index contributed by atoms with van der Waals surface area (Å²) in [6.07, 6.45) is 2.24. The van der Waals surface area contributed by atoms with Gasteiger partial charge in [0, 0.05) is 23.5 Å². The van der Waals surface area contributed by atoms with Gasteiger partial charge in [0.1, 0.15) is 5.75 Å². The Balaban J connectivity index is 1.68. The van der Waals surface area contributed by atoms with Crippen molar-refractivity contribution in [3.63, 3.8) is 0 Å². The fourth-order valence-corrected chi connectivity index (χ4v) is 3.82. The summed E-state index contributed by atoms with van der Waals surface area (Å²) in [6, 6.07) is 15.8. The summed E-state index contributed by atoms with van der Waals surface area (Å²) >= 11 is 0. The van der Waals surface area contributed by atoms with Crippen molar-refractivity contribution in [3.8, 4) is 5.75 Å². The van der Waals surface area contributed by atoms with Crippen LogP contribution < -0.4 is 4.74 Å². The molecule has 1 aliphatic carbocycles. The molecule has 1 aliphatic heterocycles. The Bertz CT molecular complexity index is 964. The van der Waals surface area contributed by atoms with Gasteiger partial charge < -0.3 is 4.74 Å². The van der Waals surface area contributed by atoms with Crippen LogP contribution in [-0.4, -0.2) is 18.2 Å². The molecule has 0 radical (unpaired) electrons. The van der Waals surface area contributed by atoms with E-state index in [9.17, 15) is 9.59 Å². The first kappa shape index (κ1) is 16.5. The van der Waals surface area contributed by atoms with Crippen LogP contribution in [0.2, 0.25) is 0 Å². The van der Waals surface area contributed by atoms with Gasteiger partial charge in [-0.2, -0.15) is 0 Å². The summed E-state index contributed by atoms with van der Waals surface area (Å²) in [4.78, 5) is 25.3. The monoisotopic (exact) mass is 344 g/mol. The number of ether oxygens (including phenoxy) is 1. The van der Waals surface area contributed by atoms with Crippen molar-refractivity contribution < 1.29 is 14.3 Å². The second-order valence-corrected chi connectivity index (χ2v) is 7.00. The number of allylic oxidation sites excluding steroid dienone is 4. The fourth-order valence-electron chi connectivity index (χ4n) is 3.82. The predicted molar refractivity (Wildman–Crippen MR) is 101 cm³/mol. The zero-order valence-electron chi connectivity index (χ0n) is 14.9. The zero-order chi connectivity index (χ0) is 18.3. The van der Waals surface area contributed by atoms with Crippen LogP contribution in [0.1, 0.15) is 47.7 Å². The summed E-state index contributed by atoms with van der Waals surface area (Å²) in [5.41, 5.74) is 4.83. The number of carbonyl (C=O) groups is 2. The van der Waals surface area contributed by atoms with Crippen molar-refractivity contribution in [3.05, 3.63) is 88.0 Å². The topological polar surface area (TPSA) is 43.4 Å². The van der Waals surface area contributed by atoms with E-state index in [0.29, 0.717) is 24.2 Å². The van der Waals surface area contributed by atoms with Gasteiger partial charge in [0.15, 0.2) is 11.6 Å². The zero-order valence-corrected chi connectivity index (χ0v) is 14.9. The van der Waals surface area contributed by atoms with Gasteiger partial charge in [0.25, 0.3) is 0 Å². The molecule has 1 atom stereocenters. The fraction of sp³-hybridized carbons (Fsp3) is 0.217. The third-order valence-corrected chi connectivity index (χ3v) is 5.06. The van der Waals surface area contributed by atoms with Crippen LogP contribution in [0.25, 0.3) is 0 Å². The molecule has 0 fully saturated rings. The van der Waals surface area contributed by atoms with Crippen molar-refractivity contribution in [1.29, 1.82) is 0 Å². The Kier molecular flexibility index (Phi) is 4.08. The second-order valence-electron chi connectivity index (χ2n) is 7.00. The van der Waals surface area contributed by atoms with Crippen LogP contribution in [-0.2, 0) is 4.79 Å².